The van der Waals surface area contributed by atoms with E-state index >= 15 is 0 Å². The van der Waals surface area contributed by atoms with E-state index in [-0.39, 0.29) is 5.96 Å². The van der Waals surface area contributed by atoms with Crippen molar-refractivity contribution >= 4 is 23.1 Å². The van der Waals surface area contributed by atoms with E-state index in [2.05, 4.69) is 14.9 Å². The number of hydrogen-bond donors (Lipinski definition) is 1. The van der Waals surface area contributed by atoms with Crippen LogP contribution in [-0.4, -0.2) is 55.4 Å². The number of rotatable bonds is 9. The lowest BCUT2D eigenvalue weighted by Gasteiger charge is -2.31. The second-order valence-corrected chi connectivity index (χ2v) is 8.81. The highest BCUT2D eigenvalue weighted by atomic mass is 16.9. The molecular formula is C26H30N4O6. The molecule has 1 atom stereocenters. The number of oxime groups is 1. The minimum Gasteiger partial charge on any atom is -0.496 e. The fourth-order valence-electron chi connectivity index (χ4n) is 4.66. The summed E-state index contributed by atoms with van der Waals surface area (Å²) >= 11 is 0. The van der Waals surface area contributed by atoms with Gasteiger partial charge in [0.15, 0.2) is 6.04 Å². The first-order valence-electron chi connectivity index (χ1n) is 12.2. The third kappa shape index (κ3) is 5.18. The van der Waals surface area contributed by atoms with E-state index in [1.165, 1.54) is 19.3 Å². The first kappa shape index (κ1) is 23.8. The number of fused-ring (bicyclic) bond motifs is 1. The van der Waals surface area contributed by atoms with Gasteiger partial charge in [-0.1, -0.05) is 24.6 Å². The summed E-state index contributed by atoms with van der Waals surface area (Å²) in [6, 6.07) is 14.1. The summed E-state index contributed by atoms with van der Waals surface area (Å²) < 4.78 is 17.9. The Balaban J connectivity index is 1.44. The fraction of sp³-hybridized carbons (Fsp3) is 0.385. The zero-order valence-electron chi connectivity index (χ0n) is 20.2. The van der Waals surface area contributed by atoms with Gasteiger partial charge in [-0.25, -0.2) is 0 Å². The summed E-state index contributed by atoms with van der Waals surface area (Å²) in [4.78, 5) is 24.3. The van der Waals surface area contributed by atoms with Gasteiger partial charge in [0.25, 0.3) is 5.96 Å². The van der Waals surface area contributed by atoms with Crippen molar-refractivity contribution < 1.29 is 28.4 Å². The van der Waals surface area contributed by atoms with E-state index in [0.717, 1.165) is 36.5 Å². The van der Waals surface area contributed by atoms with Crippen LogP contribution in [0.1, 0.15) is 43.0 Å². The number of furan rings is 1. The van der Waals surface area contributed by atoms with Crippen molar-refractivity contribution in [3.05, 3.63) is 59.9 Å². The maximum absolute atomic E-state index is 11.9. The van der Waals surface area contributed by atoms with Crippen LogP contribution in [0.15, 0.2) is 58.1 Å². The monoisotopic (exact) mass is 494 g/mol. The van der Waals surface area contributed by atoms with E-state index in [9.17, 15) is 4.79 Å². The van der Waals surface area contributed by atoms with Gasteiger partial charge in [-0.05, 0) is 67.8 Å². The van der Waals surface area contributed by atoms with E-state index in [0.29, 0.717) is 35.0 Å². The minimum absolute atomic E-state index is 0.144. The summed E-state index contributed by atoms with van der Waals surface area (Å²) in [5.41, 5.74) is 7.37. The molecule has 10 heteroatoms. The molecule has 36 heavy (non-hydrogen) atoms. The first-order valence-corrected chi connectivity index (χ1v) is 12.2. The Morgan fingerprint density at radius 1 is 1.11 bits per heavy atom. The lowest BCUT2D eigenvalue weighted by atomic mass is 10.0. The Bertz CT molecular complexity index is 1200. The lowest BCUT2D eigenvalue weighted by molar-refractivity contribution is -0.116. The van der Waals surface area contributed by atoms with Crippen molar-refractivity contribution in [1.29, 1.82) is 0 Å². The molecule has 2 aromatic carbocycles. The van der Waals surface area contributed by atoms with Gasteiger partial charge in [-0.3, -0.25) is 4.84 Å². The first-order chi connectivity index (χ1) is 17.6. The quantitative estimate of drug-likeness (QED) is 0.342. The number of methoxy groups -OCH3 is 1. The molecule has 10 nitrogen and oxygen atoms in total. The summed E-state index contributed by atoms with van der Waals surface area (Å²) in [7, 11) is 1.57. The number of hydrogen-bond acceptors (Lipinski definition) is 10. The van der Waals surface area contributed by atoms with Crippen LogP contribution < -0.4 is 15.2 Å². The lowest BCUT2D eigenvalue weighted by Crippen LogP contribution is -2.45. The Morgan fingerprint density at radius 2 is 1.94 bits per heavy atom. The average Bonchev–Trinajstić information content (AvgIpc) is 3.33. The highest BCUT2D eigenvalue weighted by molar-refractivity contribution is 5.82. The van der Waals surface area contributed by atoms with Crippen LogP contribution in [0.3, 0.4) is 0 Å². The third-order valence-corrected chi connectivity index (χ3v) is 6.39. The number of guanidine groups is 1. The molecule has 0 amide bonds. The molecule has 3 heterocycles. The zero-order valence-corrected chi connectivity index (χ0v) is 20.2. The highest BCUT2D eigenvalue weighted by Gasteiger charge is 2.36. The molecule has 0 spiro atoms. The van der Waals surface area contributed by atoms with Crippen LogP contribution >= 0.6 is 0 Å². The molecule has 2 N–H and O–H groups in total. The minimum atomic E-state index is -1.01. The molecule has 190 valence electrons. The van der Waals surface area contributed by atoms with Gasteiger partial charge in [0.1, 0.15) is 22.8 Å². The van der Waals surface area contributed by atoms with Crippen molar-refractivity contribution in [2.24, 2.45) is 10.9 Å². The maximum atomic E-state index is 11.9. The molecule has 1 aromatic heterocycles. The molecule has 0 radical (unpaired) electrons. The number of likely N-dealkylation sites (tertiary alicyclic amines) is 1. The second-order valence-electron chi connectivity index (χ2n) is 8.81. The van der Waals surface area contributed by atoms with E-state index < -0.39 is 12.2 Å². The van der Waals surface area contributed by atoms with E-state index in [4.69, 9.17) is 24.5 Å². The molecule has 2 aliphatic rings. The number of carbonyl (C=O) groups is 1. The summed E-state index contributed by atoms with van der Waals surface area (Å²) in [6.07, 6.45) is 3.78. The average molecular weight is 495 g/mol. The molecule has 0 saturated carbocycles. The number of piperidine rings is 1. The van der Waals surface area contributed by atoms with Gasteiger partial charge < -0.3 is 29.4 Å². The van der Waals surface area contributed by atoms with Crippen LogP contribution in [-0.2, 0) is 9.68 Å². The number of nitrogens with two attached hydrogens (primary N) is 1. The number of para-hydroxylation sites is 1. The molecule has 1 saturated heterocycles. The fourth-order valence-corrected chi connectivity index (χ4v) is 4.66. The van der Waals surface area contributed by atoms with Gasteiger partial charge >= 0.3 is 6.16 Å². The van der Waals surface area contributed by atoms with Crippen molar-refractivity contribution in [2.75, 3.05) is 33.4 Å². The van der Waals surface area contributed by atoms with Crippen molar-refractivity contribution in [2.45, 2.75) is 31.7 Å². The van der Waals surface area contributed by atoms with Crippen LogP contribution in [0, 0.1) is 0 Å². The maximum Gasteiger partial charge on any atom is 0.560 e. The Labute approximate surface area is 209 Å². The highest BCUT2D eigenvalue weighted by Crippen LogP contribution is 2.40. The van der Waals surface area contributed by atoms with Gasteiger partial charge in [0.05, 0.1) is 13.7 Å². The topological polar surface area (TPSA) is 112 Å². The summed E-state index contributed by atoms with van der Waals surface area (Å²) in [5, 5.41) is 5.67. The Morgan fingerprint density at radius 3 is 2.75 bits per heavy atom. The third-order valence-electron chi connectivity index (χ3n) is 6.39. The SMILES string of the molecule is COc1ccc(OCCCN2CCCCC2)cc1C(c1cc2ccccc2o1)N1OC(=O)ON=C1N. The molecule has 3 aromatic rings. The summed E-state index contributed by atoms with van der Waals surface area (Å²) in [5.74, 6) is 1.52. The standard InChI is InChI=1S/C26H30N4O6/c1-32-22-11-10-19(33-15-7-14-29-12-5-2-6-13-29)17-20(22)24(30-25(27)28-35-26(31)36-30)23-16-18-8-3-4-9-21(18)34-23/h3-4,8-11,16-17,24H,2,5-7,12-15H2,1H3,(H2,27,28). The van der Waals surface area contributed by atoms with Crippen LogP contribution in [0.2, 0.25) is 0 Å². The van der Waals surface area contributed by atoms with E-state index in [1.807, 2.05) is 42.5 Å². The molecule has 1 unspecified atom stereocenters. The molecule has 1 fully saturated rings. The largest absolute Gasteiger partial charge is 0.560 e. The number of ether oxygens (including phenoxy) is 2. The number of nitrogens with zero attached hydrogens (tertiary/aromatic N) is 3. The predicted octanol–water partition coefficient (Wildman–Crippen LogP) is 4.40. The Hall–Kier alpha value is -3.92. The zero-order chi connectivity index (χ0) is 24.9. The van der Waals surface area contributed by atoms with Gasteiger partial charge in [-0.2, -0.15) is 9.86 Å². The van der Waals surface area contributed by atoms with Crippen LogP contribution in [0.5, 0.6) is 11.5 Å². The smallest absolute Gasteiger partial charge is 0.496 e. The van der Waals surface area contributed by atoms with Gasteiger partial charge in [-0.15, -0.1) is 0 Å². The van der Waals surface area contributed by atoms with Crippen LogP contribution in [0.4, 0.5) is 4.79 Å². The van der Waals surface area contributed by atoms with Crippen molar-refractivity contribution in [3.8, 4) is 11.5 Å². The van der Waals surface area contributed by atoms with E-state index in [1.54, 1.807) is 13.2 Å². The second kappa shape index (κ2) is 10.8. The molecule has 5 rings (SSSR count). The van der Waals surface area contributed by atoms with Crippen molar-refractivity contribution in [1.82, 2.24) is 9.96 Å². The number of carbonyl (C=O) groups excluding carboxylic acids is 1. The number of benzene rings is 2. The molecular weight excluding hydrogens is 464 g/mol. The molecule has 0 bridgehead atoms. The number of hydroxylamine groups is 2. The predicted molar refractivity (Wildman–Crippen MR) is 132 cm³/mol. The normalized spacial score (nSPS) is 17.3. The van der Waals surface area contributed by atoms with Crippen LogP contribution in [0.25, 0.3) is 11.0 Å². The van der Waals surface area contributed by atoms with Gasteiger partial charge in [0.2, 0.25) is 0 Å². The Kier molecular flexibility index (Phi) is 7.13. The van der Waals surface area contributed by atoms with Crippen molar-refractivity contribution in [3.63, 3.8) is 0 Å². The molecule has 0 aliphatic carbocycles. The van der Waals surface area contributed by atoms with Gasteiger partial charge in [0, 0.05) is 17.5 Å². The molecule has 2 aliphatic heterocycles. The summed E-state index contributed by atoms with van der Waals surface area (Å²) in [6.45, 7) is 3.91.